The van der Waals surface area contributed by atoms with Crippen molar-refractivity contribution >= 4 is 5.91 Å². The molecule has 1 aliphatic rings. The zero-order chi connectivity index (χ0) is 13.1. The molecule has 1 unspecified atom stereocenters. The predicted octanol–water partition coefficient (Wildman–Crippen LogP) is 2.24. The summed E-state index contributed by atoms with van der Waals surface area (Å²) < 4.78 is 5.37. The van der Waals surface area contributed by atoms with Gasteiger partial charge in [-0.2, -0.15) is 0 Å². The number of nitrogens with one attached hydrogen (secondary N) is 1. The molecule has 1 atom stereocenters. The Hall–Kier alpha value is -1.29. The van der Waals surface area contributed by atoms with E-state index in [1.54, 1.807) is 0 Å². The molecule has 1 aromatic heterocycles. The van der Waals surface area contributed by atoms with E-state index < -0.39 is 6.10 Å². The largest absolute Gasteiger partial charge is 0.466 e. The highest BCUT2D eigenvalue weighted by Gasteiger charge is 2.23. The quantitative estimate of drug-likeness (QED) is 0.862. The van der Waals surface area contributed by atoms with Gasteiger partial charge in [0.2, 0.25) is 5.91 Å². The SMILES string of the molecule is Cc1cc(C(O)CNC(=O)C2CCCC2)c(C)o1. The van der Waals surface area contributed by atoms with Gasteiger partial charge in [-0.15, -0.1) is 0 Å². The van der Waals surface area contributed by atoms with E-state index >= 15 is 0 Å². The smallest absolute Gasteiger partial charge is 0.223 e. The van der Waals surface area contributed by atoms with Gasteiger partial charge in [0.25, 0.3) is 0 Å². The fraction of sp³-hybridized carbons (Fsp3) is 0.643. The molecule has 18 heavy (non-hydrogen) atoms. The summed E-state index contributed by atoms with van der Waals surface area (Å²) in [7, 11) is 0. The topological polar surface area (TPSA) is 62.5 Å². The monoisotopic (exact) mass is 251 g/mol. The normalized spacial score (nSPS) is 17.9. The maximum Gasteiger partial charge on any atom is 0.223 e. The van der Waals surface area contributed by atoms with Crippen LogP contribution >= 0.6 is 0 Å². The summed E-state index contributed by atoms with van der Waals surface area (Å²) in [5.41, 5.74) is 0.763. The van der Waals surface area contributed by atoms with Crippen LogP contribution in [0.5, 0.6) is 0 Å². The average molecular weight is 251 g/mol. The predicted molar refractivity (Wildman–Crippen MR) is 68.1 cm³/mol. The van der Waals surface area contributed by atoms with Crippen LogP contribution in [0.4, 0.5) is 0 Å². The molecule has 1 heterocycles. The van der Waals surface area contributed by atoms with Gasteiger partial charge in [0.05, 0.1) is 6.10 Å². The Morgan fingerprint density at radius 1 is 1.50 bits per heavy atom. The highest BCUT2D eigenvalue weighted by molar-refractivity contribution is 5.78. The zero-order valence-corrected chi connectivity index (χ0v) is 11.0. The van der Waals surface area contributed by atoms with Gasteiger partial charge in [0, 0.05) is 18.0 Å². The molecule has 1 amide bonds. The maximum absolute atomic E-state index is 11.8. The fourth-order valence-electron chi connectivity index (χ4n) is 2.62. The van der Waals surface area contributed by atoms with Crippen LogP contribution in [0, 0.1) is 19.8 Å². The molecule has 2 N–H and O–H groups in total. The van der Waals surface area contributed by atoms with Gasteiger partial charge in [-0.25, -0.2) is 0 Å². The standard InChI is InChI=1S/C14H21NO3/c1-9-7-12(10(2)18-9)13(16)8-15-14(17)11-5-3-4-6-11/h7,11,13,16H,3-6,8H2,1-2H3,(H,15,17). The average Bonchev–Trinajstić information content (AvgIpc) is 2.95. The number of aliphatic hydroxyl groups is 1. The highest BCUT2D eigenvalue weighted by Crippen LogP contribution is 2.25. The van der Waals surface area contributed by atoms with E-state index in [-0.39, 0.29) is 18.4 Å². The Bertz CT molecular complexity index is 419. The molecule has 0 saturated heterocycles. The Kier molecular flexibility index (Phi) is 4.07. The molecule has 1 aliphatic carbocycles. The lowest BCUT2D eigenvalue weighted by Crippen LogP contribution is -2.32. The van der Waals surface area contributed by atoms with Gasteiger partial charge < -0.3 is 14.8 Å². The molecule has 2 rings (SSSR count). The van der Waals surface area contributed by atoms with E-state index in [1.165, 1.54) is 0 Å². The minimum Gasteiger partial charge on any atom is -0.466 e. The minimum atomic E-state index is -0.687. The Balaban J connectivity index is 1.86. The molecule has 1 fully saturated rings. The van der Waals surface area contributed by atoms with Gasteiger partial charge in [-0.3, -0.25) is 4.79 Å². The van der Waals surface area contributed by atoms with Crippen LogP contribution < -0.4 is 5.32 Å². The van der Waals surface area contributed by atoms with Crippen LogP contribution in [0.25, 0.3) is 0 Å². The first-order valence-corrected chi connectivity index (χ1v) is 6.60. The van der Waals surface area contributed by atoms with Crippen molar-refractivity contribution in [2.45, 2.75) is 45.6 Å². The van der Waals surface area contributed by atoms with Gasteiger partial charge in [-0.05, 0) is 32.8 Å². The number of hydrogen-bond acceptors (Lipinski definition) is 3. The number of rotatable bonds is 4. The number of carbonyl (C=O) groups is 1. The molecular weight excluding hydrogens is 230 g/mol. The third kappa shape index (κ3) is 2.93. The molecule has 0 radical (unpaired) electrons. The number of aryl methyl sites for hydroxylation is 2. The molecule has 100 valence electrons. The summed E-state index contributed by atoms with van der Waals surface area (Å²) in [6, 6.07) is 1.82. The number of aliphatic hydroxyl groups excluding tert-OH is 1. The molecule has 0 aromatic carbocycles. The Morgan fingerprint density at radius 3 is 2.72 bits per heavy atom. The second-order valence-corrected chi connectivity index (χ2v) is 5.11. The van der Waals surface area contributed by atoms with Crippen molar-refractivity contribution in [3.05, 3.63) is 23.2 Å². The molecule has 4 nitrogen and oxygen atoms in total. The van der Waals surface area contributed by atoms with Crippen molar-refractivity contribution in [2.75, 3.05) is 6.54 Å². The molecule has 1 saturated carbocycles. The van der Waals surface area contributed by atoms with Crippen LogP contribution in [-0.4, -0.2) is 17.6 Å². The van der Waals surface area contributed by atoms with Crippen LogP contribution in [0.1, 0.15) is 48.9 Å². The molecule has 0 bridgehead atoms. The van der Waals surface area contributed by atoms with E-state index in [2.05, 4.69) is 5.32 Å². The first kappa shape index (κ1) is 13.1. The fourth-order valence-corrected chi connectivity index (χ4v) is 2.62. The van der Waals surface area contributed by atoms with Crippen molar-refractivity contribution < 1.29 is 14.3 Å². The molecule has 1 aromatic rings. The summed E-state index contributed by atoms with van der Waals surface area (Å²) in [5, 5.41) is 12.9. The zero-order valence-electron chi connectivity index (χ0n) is 11.0. The number of amides is 1. The molecule has 0 aliphatic heterocycles. The summed E-state index contributed by atoms with van der Waals surface area (Å²) >= 11 is 0. The van der Waals surface area contributed by atoms with E-state index in [9.17, 15) is 9.90 Å². The number of furan rings is 1. The van der Waals surface area contributed by atoms with Crippen molar-refractivity contribution in [1.82, 2.24) is 5.32 Å². The highest BCUT2D eigenvalue weighted by atomic mass is 16.3. The lowest BCUT2D eigenvalue weighted by atomic mass is 10.1. The summed E-state index contributed by atoms with van der Waals surface area (Å²) in [6.07, 6.45) is 3.55. The summed E-state index contributed by atoms with van der Waals surface area (Å²) in [6.45, 7) is 3.93. The van der Waals surface area contributed by atoms with Crippen molar-refractivity contribution in [3.63, 3.8) is 0 Å². The Morgan fingerprint density at radius 2 is 2.17 bits per heavy atom. The van der Waals surface area contributed by atoms with Crippen LogP contribution in [0.15, 0.2) is 10.5 Å². The lowest BCUT2D eigenvalue weighted by molar-refractivity contribution is -0.125. The third-order valence-corrected chi connectivity index (χ3v) is 3.63. The second kappa shape index (κ2) is 5.57. The van der Waals surface area contributed by atoms with Gasteiger partial charge in [-0.1, -0.05) is 12.8 Å². The molecule has 0 spiro atoms. The van der Waals surface area contributed by atoms with Gasteiger partial charge >= 0.3 is 0 Å². The van der Waals surface area contributed by atoms with E-state index in [4.69, 9.17) is 4.42 Å². The number of carbonyl (C=O) groups excluding carboxylic acids is 1. The van der Waals surface area contributed by atoms with Crippen molar-refractivity contribution in [1.29, 1.82) is 0 Å². The van der Waals surface area contributed by atoms with E-state index in [1.807, 2.05) is 19.9 Å². The van der Waals surface area contributed by atoms with Crippen LogP contribution in [0.2, 0.25) is 0 Å². The lowest BCUT2D eigenvalue weighted by Gasteiger charge is -2.14. The van der Waals surface area contributed by atoms with E-state index in [0.29, 0.717) is 0 Å². The van der Waals surface area contributed by atoms with Gasteiger partial charge in [0.15, 0.2) is 0 Å². The van der Waals surface area contributed by atoms with Gasteiger partial charge in [0.1, 0.15) is 11.5 Å². The summed E-state index contributed by atoms with van der Waals surface area (Å²) in [4.78, 5) is 11.8. The number of hydrogen-bond donors (Lipinski definition) is 2. The third-order valence-electron chi connectivity index (χ3n) is 3.63. The second-order valence-electron chi connectivity index (χ2n) is 5.11. The summed E-state index contributed by atoms with van der Waals surface area (Å²) in [5.74, 6) is 1.72. The maximum atomic E-state index is 11.8. The van der Waals surface area contributed by atoms with Crippen molar-refractivity contribution in [2.24, 2.45) is 5.92 Å². The first-order valence-electron chi connectivity index (χ1n) is 6.60. The minimum absolute atomic E-state index is 0.0735. The molecule has 4 heteroatoms. The van der Waals surface area contributed by atoms with Crippen LogP contribution in [-0.2, 0) is 4.79 Å². The molecular formula is C14H21NO3. The first-order chi connectivity index (χ1) is 8.58. The van der Waals surface area contributed by atoms with Crippen LogP contribution in [0.3, 0.4) is 0 Å². The van der Waals surface area contributed by atoms with E-state index in [0.717, 1.165) is 42.8 Å². The van der Waals surface area contributed by atoms with Crippen molar-refractivity contribution in [3.8, 4) is 0 Å². The Labute approximate surface area is 107 Å².